The van der Waals surface area contributed by atoms with Crippen LogP contribution < -0.4 is 10.5 Å². The van der Waals surface area contributed by atoms with Crippen LogP contribution in [0.2, 0.25) is 0 Å². The molecule has 2 aromatic heterocycles. The van der Waals surface area contributed by atoms with Crippen molar-refractivity contribution in [1.29, 1.82) is 0 Å². The van der Waals surface area contributed by atoms with Crippen molar-refractivity contribution in [1.82, 2.24) is 19.9 Å². The maximum atomic E-state index is 14.5. The molecule has 1 aliphatic rings. The number of nitrogens with one attached hydrogen (secondary N) is 1. The molecule has 3 heterocycles. The number of aryl methyl sites for hydroxylation is 2. The second-order valence-corrected chi connectivity index (χ2v) is 7.53. The Hall–Kier alpha value is -2.94. The van der Waals surface area contributed by atoms with Crippen LogP contribution in [0.4, 0.5) is 18.9 Å². The van der Waals surface area contributed by atoms with E-state index in [0.29, 0.717) is 30.8 Å². The molecule has 1 saturated heterocycles. The van der Waals surface area contributed by atoms with E-state index in [1.165, 1.54) is 12.1 Å². The molecule has 0 atom stereocenters. The van der Waals surface area contributed by atoms with Gasteiger partial charge in [0.25, 0.3) is 12.0 Å². The van der Waals surface area contributed by atoms with Gasteiger partial charge < -0.3 is 9.88 Å². The minimum absolute atomic E-state index is 0.163. The molecule has 1 aliphatic heterocycles. The zero-order valence-corrected chi connectivity index (χ0v) is 16.8. The van der Waals surface area contributed by atoms with Crippen molar-refractivity contribution in [3.8, 4) is 0 Å². The number of aromatic amines is 1. The molecule has 0 bridgehead atoms. The van der Waals surface area contributed by atoms with Crippen molar-refractivity contribution in [2.24, 2.45) is 0 Å². The van der Waals surface area contributed by atoms with E-state index in [4.69, 9.17) is 0 Å². The van der Waals surface area contributed by atoms with Crippen molar-refractivity contribution >= 4 is 16.7 Å². The first-order chi connectivity index (χ1) is 14.3. The fraction of sp³-hybridized carbons (Fsp3) is 0.381. The maximum absolute atomic E-state index is 14.5. The van der Waals surface area contributed by atoms with E-state index < -0.39 is 12.2 Å². The minimum atomic E-state index is -2.58. The van der Waals surface area contributed by atoms with Crippen LogP contribution in [0.3, 0.4) is 0 Å². The van der Waals surface area contributed by atoms with Gasteiger partial charge in [-0.05, 0) is 43.7 Å². The number of anilines is 1. The van der Waals surface area contributed by atoms with E-state index >= 15 is 0 Å². The first kappa shape index (κ1) is 20.3. The van der Waals surface area contributed by atoms with Crippen molar-refractivity contribution in [2.45, 2.75) is 26.8 Å². The number of alkyl halides is 2. The summed E-state index contributed by atoms with van der Waals surface area (Å²) in [5.41, 5.74) is 2.45. The van der Waals surface area contributed by atoms with Gasteiger partial charge in [-0.25, -0.2) is 23.1 Å². The second kappa shape index (κ2) is 8.06. The van der Waals surface area contributed by atoms with Crippen LogP contribution in [0.15, 0.2) is 29.1 Å². The Morgan fingerprint density at radius 3 is 2.47 bits per heavy atom. The molecule has 0 aliphatic carbocycles. The van der Waals surface area contributed by atoms with E-state index in [-0.39, 0.29) is 22.5 Å². The molecule has 9 heteroatoms. The molecule has 3 aromatic rings. The van der Waals surface area contributed by atoms with Crippen LogP contribution in [0.1, 0.15) is 29.1 Å². The number of pyridine rings is 1. The van der Waals surface area contributed by atoms with Gasteiger partial charge in [0.05, 0.1) is 16.9 Å². The summed E-state index contributed by atoms with van der Waals surface area (Å²) in [6, 6.07) is 6.28. The third-order valence-electron chi connectivity index (χ3n) is 5.40. The van der Waals surface area contributed by atoms with Crippen LogP contribution in [-0.4, -0.2) is 46.0 Å². The molecule has 0 radical (unpaired) electrons. The monoisotopic (exact) mass is 417 g/mol. The summed E-state index contributed by atoms with van der Waals surface area (Å²) in [4.78, 5) is 26.8. The lowest BCUT2D eigenvalue weighted by Crippen LogP contribution is -2.46. The number of benzene rings is 1. The van der Waals surface area contributed by atoms with Gasteiger partial charge in [-0.3, -0.25) is 9.69 Å². The smallest absolute Gasteiger partial charge is 0.280 e. The van der Waals surface area contributed by atoms with Crippen LogP contribution >= 0.6 is 0 Å². The number of fused-ring (bicyclic) bond motifs is 1. The number of halogens is 3. The number of rotatable bonds is 4. The quantitative estimate of drug-likeness (QED) is 0.706. The summed E-state index contributed by atoms with van der Waals surface area (Å²) < 4.78 is 40.1. The standard InChI is InChI=1S/C21H22F3N5O/c1-12-18(4-3-16(25-12)20(23)24)29-7-5-28(6-8-29)11-14-9-15(22)19-17(10-14)27-21(30)13(2)26-19/h3-4,9-10,20H,5-8,11H2,1-2H3,(H,27,30). The normalized spacial score (nSPS) is 15.3. The van der Waals surface area contributed by atoms with Gasteiger partial charge in [0.2, 0.25) is 0 Å². The highest BCUT2D eigenvalue weighted by Gasteiger charge is 2.21. The molecular weight excluding hydrogens is 395 g/mol. The second-order valence-electron chi connectivity index (χ2n) is 7.53. The lowest BCUT2D eigenvalue weighted by atomic mass is 10.1. The molecule has 1 aromatic carbocycles. The first-order valence-electron chi connectivity index (χ1n) is 9.74. The Morgan fingerprint density at radius 2 is 1.80 bits per heavy atom. The Bertz CT molecular complexity index is 1140. The van der Waals surface area contributed by atoms with Gasteiger partial charge in [0.1, 0.15) is 16.9 Å². The highest BCUT2D eigenvalue weighted by atomic mass is 19.3. The van der Waals surface area contributed by atoms with E-state index in [1.807, 2.05) is 0 Å². The van der Waals surface area contributed by atoms with Gasteiger partial charge in [0, 0.05) is 32.7 Å². The predicted molar refractivity (Wildman–Crippen MR) is 108 cm³/mol. The predicted octanol–water partition coefficient (Wildman–Crippen LogP) is 3.33. The van der Waals surface area contributed by atoms with Crippen molar-refractivity contribution in [3.63, 3.8) is 0 Å². The maximum Gasteiger partial charge on any atom is 0.280 e. The highest BCUT2D eigenvalue weighted by molar-refractivity contribution is 5.75. The number of H-pyrrole nitrogens is 1. The lowest BCUT2D eigenvalue weighted by molar-refractivity contribution is 0.146. The number of nitrogens with zero attached hydrogens (tertiary/aromatic N) is 4. The highest BCUT2D eigenvalue weighted by Crippen LogP contribution is 2.25. The van der Waals surface area contributed by atoms with Gasteiger partial charge in [-0.15, -0.1) is 0 Å². The number of aromatic nitrogens is 3. The van der Waals surface area contributed by atoms with Gasteiger partial charge >= 0.3 is 0 Å². The van der Waals surface area contributed by atoms with E-state index in [0.717, 1.165) is 24.3 Å². The molecule has 0 saturated carbocycles. The third-order valence-corrected chi connectivity index (χ3v) is 5.40. The third kappa shape index (κ3) is 4.02. The molecule has 4 rings (SSSR count). The molecule has 1 N–H and O–H groups in total. The Morgan fingerprint density at radius 1 is 1.07 bits per heavy atom. The summed E-state index contributed by atoms with van der Waals surface area (Å²) in [6.07, 6.45) is -2.58. The number of piperazine rings is 1. The topological polar surface area (TPSA) is 65.1 Å². The van der Waals surface area contributed by atoms with Crippen molar-refractivity contribution < 1.29 is 13.2 Å². The van der Waals surface area contributed by atoms with E-state index in [1.54, 1.807) is 26.0 Å². The summed E-state index contributed by atoms with van der Waals surface area (Å²) in [7, 11) is 0. The Kier molecular flexibility index (Phi) is 5.46. The Labute approximate surface area is 171 Å². The fourth-order valence-corrected chi connectivity index (χ4v) is 3.82. The molecule has 0 spiro atoms. The average molecular weight is 417 g/mol. The Balaban J connectivity index is 1.45. The molecule has 6 nitrogen and oxygen atoms in total. The minimum Gasteiger partial charge on any atom is -0.368 e. The summed E-state index contributed by atoms with van der Waals surface area (Å²) in [6.45, 7) is 6.72. The summed E-state index contributed by atoms with van der Waals surface area (Å²) in [5.74, 6) is -0.457. The summed E-state index contributed by atoms with van der Waals surface area (Å²) >= 11 is 0. The van der Waals surface area contributed by atoms with E-state index in [2.05, 4.69) is 24.8 Å². The molecule has 0 unspecified atom stereocenters. The lowest BCUT2D eigenvalue weighted by Gasteiger charge is -2.36. The number of hydrogen-bond acceptors (Lipinski definition) is 5. The molecule has 158 valence electrons. The first-order valence-corrected chi connectivity index (χ1v) is 9.74. The van der Waals surface area contributed by atoms with Gasteiger partial charge in [-0.1, -0.05) is 0 Å². The zero-order chi connectivity index (χ0) is 21.4. The summed E-state index contributed by atoms with van der Waals surface area (Å²) in [5, 5.41) is 0. The van der Waals surface area contributed by atoms with Gasteiger partial charge in [-0.2, -0.15) is 0 Å². The largest absolute Gasteiger partial charge is 0.368 e. The van der Waals surface area contributed by atoms with Crippen molar-refractivity contribution in [3.05, 3.63) is 63.1 Å². The van der Waals surface area contributed by atoms with Gasteiger partial charge in [0.15, 0.2) is 5.82 Å². The molecule has 0 amide bonds. The molecular formula is C21H22F3N5O. The van der Waals surface area contributed by atoms with Crippen LogP contribution in [-0.2, 0) is 6.54 Å². The molecule has 1 fully saturated rings. The number of hydrogen-bond donors (Lipinski definition) is 1. The SMILES string of the molecule is Cc1nc(C(F)F)ccc1N1CCN(Cc2cc(F)c3nc(C)c(=O)[nH]c3c2)CC1. The van der Waals surface area contributed by atoms with Crippen LogP contribution in [0, 0.1) is 19.7 Å². The zero-order valence-electron chi connectivity index (χ0n) is 16.8. The molecule has 30 heavy (non-hydrogen) atoms. The van der Waals surface area contributed by atoms with Crippen molar-refractivity contribution in [2.75, 3.05) is 31.1 Å². The average Bonchev–Trinajstić information content (AvgIpc) is 2.70. The van der Waals surface area contributed by atoms with Crippen LogP contribution in [0.25, 0.3) is 11.0 Å². The van der Waals surface area contributed by atoms with E-state index in [9.17, 15) is 18.0 Å². The fourth-order valence-electron chi connectivity index (χ4n) is 3.82. The van der Waals surface area contributed by atoms with Crippen LogP contribution in [0.5, 0.6) is 0 Å².